The highest BCUT2D eigenvalue weighted by atomic mass is 35.5. The van der Waals surface area contributed by atoms with Gasteiger partial charge >= 0.3 is 5.97 Å². The summed E-state index contributed by atoms with van der Waals surface area (Å²) in [6.45, 7) is 1.77. The van der Waals surface area contributed by atoms with Gasteiger partial charge in [0.1, 0.15) is 0 Å². The molecule has 0 aromatic heterocycles. The Balaban J connectivity index is 2.39. The van der Waals surface area contributed by atoms with Crippen LogP contribution in [0, 0.1) is 0 Å². The molecule has 0 bridgehead atoms. The van der Waals surface area contributed by atoms with E-state index in [-0.39, 0.29) is 23.0 Å². The Morgan fingerprint density at radius 2 is 1.86 bits per heavy atom. The van der Waals surface area contributed by atoms with Crippen LogP contribution in [0.5, 0.6) is 0 Å². The molecule has 120 valence electrons. The third kappa shape index (κ3) is 6.32. The van der Waals surface area contributed by atoms with Crippen molar-refractivity contribution < 1.29 is 19.1 Å². The Kier molecular flexibility index (Phi) is 7.70. The largest absolute Gasteiger partial charge is 0.452 e. The molecule has 0 aliphatic heterocycles. The highest BCUT2D eigenvalue weighted by molar-refractivity contribution is 6.35. The second kappa shape index (κ2) is 9.27. The predicted molar refractivity (Wildman–Crippen MR) is 83.1 cm³/mol. The normalized spacial score (nSPS) is 9.95. The van der Waals surface area contributed by atoms with E-state index in [1.807, 2.05) is 6.92 Å². The lowest BCUT2D eigenvalue weighted by molar-refractivity contribution is -0.127. The van der Waals surface area contributed by atoms with Crippen LogP contribution in [0.25, 0.3) is 0 Å². The summed E-state index contributed by atoms with van der Waals surface area (Å²) in [5, 5.41) is 5.44. The molecule has 1 rings (SSSR count). The van der Waals surface area contributed by atoms with Crippen molar-refractivity contribution in [3.8, 4) is 0 Å². The fourth-order valence-corrected chi connectivity index (χ4v) is 1.79. The topological polar surface area (TPSA) is 84.5 Å². The zero-order valence-corrected chi connectivity index (χ0v) is 13.5. The Labute approximate surface area is 138 Å². The number of ether oxygens (including phenoxy) is 1. The molecule has 0 heterocycles. The van der Waals surface area contributed by atoms with Crippen LogP contribution < -0.4 is 10.6 Å². The zero-order chi connectivity index (χ0) is 16.5. The van der Waals surface area contributed by atoms with E-state index in [2.05, 4.69) is 10.6 Å². The minimum Gasteiger partial charge on any atom is -0.452 e. The molecular formula is C14H16Cl2N2O4. The monoisotopic (exact) mass is 346 g/mol. The summed E-state index contributed by atoms with van der Waals surface area (Å²) in [6, 6.07) is 4.34. The molecule has 0 aliphatic rings. The van der Waals surface area contributed by atoms with Gasteiger partial charge in [0.25, 0.3) is 5.91 Å². The van der Waals surface area contributed by atoms with Gasteiger partial charge in [-0.05, 0) is 24.6 Å². The van der Waals surface area contributed by atoms with E-state index in [0.29, 0.717) is 11.6 Å². The van der Waals surface area contributed by atoms with E-state index in [9.17, 15) is 14.4 Å². The summed E-state index contributed by atoms with van der Waals surface area (Å²) < 4.78 is 4.81. The first-order valence-corrected chi connectivity index (χ1v) is 7.35. The number of benzene rings is 1. The minimum absolute atomic E-state index is 0.0719. The van der Waals surface area contributed by atoms with Crippen LogP contribution in [0.15, 0.2) is 18.2 Å². The number of amides is 2. The van der Waals surface area contributed by atoms with Gasteiger partial charge in [-0.2, -0.15) is 0 Å². The van der Waals surface area contributed by atoms with Crippen LogP contribution in [0.4, 0.5) is 0 Å². The molecule has 1 aromatic carbocycles. The summed E-state index contributed by atoms with van der Waals surface area (Å²) in [5.74, 6) is -1.66. The second-order valence-electron chi connectivity index (χ2n) is 4.33. The van der Waals surface area contributed by atoms with E-state index >= 15 is 0 Å². The minimum atomic E-state index is -0.766. The van der Waals surface area contributed by atoms with Crippen LogP contribution in [-0.2, 0) is 14.3 Å². The molecule has 0 unspecified atom stereocenters. The summed E-state index contributed by atoms with van der Waals surface area (Å²) in [6.07, 6.45) is 0.803. The van der Waals surface area contributed by atoms with E-state index in [1.165, 1.54) is 18.2 Å². The van der Waals surface area contributed by atoms with Gasteiger partial charge in [-0.1, -0.05) is 30.1 Å². The van der Waals surface area contributed by atoms with Crippen LogP contribution in [0.3, 0.4) is 0 Å². The van der Waals surface area contributed by atoms with Gasteiger partial charge in [0.05, 0.1) is 17.1 Å². The maximum absolute atomic E-state index is 11.8. The van der Waals surface area contributed by atoms with Gasteiger partial charge in [0, 0.05) is 11.6 Å². The molecule has 1 aromatic rings. The first kappa shape index (κ1) is 18.3. The van der Waals surface area contributed by atoms with Gasteiger partial charge in [-0.3, -0.25) is 9.59 Å². The summed E-state index contributed by atoms with van der Waals surface area (Å²) in [4.78, 5) is 34.5. The molecule has 22 heavy (non-hydrogen) atoms. The molecule has 0 spiro atoms. The summed E-state index contributed by atoms with van der Waals surface area (Å²) in [5.41, 5.74) is 0.0719. The molecule has 0 aliphatic carbocycles. The number of carbonyl (C=O) groups is 3. The number of halogens is 2. The fraction of sp³-hybridized carbons (Fsp3) is 0.357. The van der Waals surface area contributed by atoms with E-state index in [4.69, 9.17) is 27.9 Å². The third-order valence-electron chi connectivity index (χ3n) is 2.50. The van der Waals surface area contributed by atoms with Gasteiger partial charge in [-0.15, -0.1) is 0 Å². The SMILES string of the molecule is CCCNC(=O)CNC(=O)COC(=O)c1cc(Cl)ccc1Cl. The lowest BCUT2D eigenvalue weighted by Crippen LogP contribution is -2.38. The van der Waals surface area contributed by atoms with Crippen molar-refractivity contribution in [2.75, 3.05) is 19.7 Å². The lowest BCUT2D eigenvalue weighted by Gasteiger charge is -2.08. The van der Waals surface area contributed by atoms with Gasteiger partial charge < -0.3 is 15.4 Å². The average Bonchev–Trinajstić information content (AvgIpc) is 2.50. The van der Waals surface area contributed by atoms with Gasteiger partial charge in [-0.25, -0.2) is 4.79 Å². The van der Waals surface area contributed by atoms with E-state index in [0.717, 1.165) is 6.42 Å². The van der Waals surface area contributed by atoms with Gasteiger partial charge in [0.2, 0.25) is 5.91 Å². The third-order valence-corrected chi connectivity index (χ3v) is 3.07. The maximum Gasteiger partial charge on any atom is 0.340 e. The quantitative estimate of drug-likeness (QED) is 0.737. The van der Waals surface area contributed by atoms with Crippen molar-refractivity contribution in [2.45, 2.75) is 13.3 Å². The number of nitrogens with one attached hydrogen (secondary N) is 2. The van der Waals surface area contributed by atoms with Crippen molar-refractivity contribution in [3.05, 3.63) is 33.8 Å². The van der Waals surface area contributed by atoms with Crippen molar-refractivity contribution in [1.82, 2.24) is 10.6 Å². The van der Waals surface area contributed by atoms with Crippen molar-refractivity contribution in [3.63, 3.8) is 0 Å². The number of carbonyl (C=O) groups excluding carboxylic acids is 3. The molecule has 2 N–H and O–H groups in total. The molecule has 2 amide bonds. The smallest absolute Gasteiger partial charge is 0.340 e. The second-order valence-corrected chi connectivity index (χ2v) is 5.17. The average molecular weight is 347 g/mol. The predicted octanol–water partition coefficient (Wildman–Crippen LogP) is 1.79. The standard InChI is InChI=1S/C14H16Cl2N2O4/c1-2-5-17-12(19)7-18-13(20)8-22-14(21)10-6-9(15)3-4-11(10)16/h3-4,6H,2,5,7-8H2,1H3,(H,17,19)(H,18,20). The molecule has 0 fully saturated rings. The van der Waals surface area contributed by atoms with Crippen LogP contribution in [-0.4, -0.2) is 37.5 Å². The van der Waals surface area contributed by atoms with Crippen molar-refractivity contribution in [1.29, 1.82) is 0 Å². The molecule has 0 atom stereocenters. The maximum atomic E-state index is 11.8. The summed E-state index contributed by atoms with van der Waals surface area (Å²) >= 11 is 11.6. The molecule has 0 radical (unpaired) electrons. The Hall–Kier alpha value is -1.79. The van der Waals surface area contributed by atoms with Gasteiger partial charge in [0.15, 0.2) is 6.61 Å². The zero-order valence-electron chi connectivity index (χ0n) is 11.9. The number of esters is 1. The highest BCUT2D eigenvalue weighted by Crippen LogP contribution is 2.21. The number of hydrogen-bond donors (Lipinski definition) is 2. The first-order chi connectivity index (χ1) is 10.4. The number of hydrogen-bond acceptors (Lipinski definition) is 4. The van der Waals surface area contributed by atoms with Crippen LogP contribution in [0.2, 0.25) is 10.0 Å². The lowest BCUT2D eigenvalue weighted by atomic mass is 10.2. The first-order valence-electron chi connectivity index (χ1n) is 6.59. The number of rotatable bonds is 7. The molecule has 0 saturated carbocycles. The molecular weight excluding hydrogens is 331 g/mol. The van der Waals surface area contributed by atoms with E-state index in [1.54, 1.807) is 0 Å². The van der Waals surface area contributed by atoms with Crippen LogP contribution in [0.1, 0.15) is 23.7 Å². The Morgan fingerprint density at radius 3 is 2.55 bits per heavy atom. The fourth-order valence-electron chi connectivity index (χ4n) is 1.42. The van der Waals surface area contributed by atoms with Crippen molar-refractivity contribution in [2.24, 2.45) is 0 Å². The van der Waals surface area contributed by atoms with E-state index < -0.39 is 18.5 Å². The molecule has 8 heteroatoms. The van der Waals surface area contributed by atoms with Crippen LogP contribution >= 0.6 is 23.2 Å². The Morgan fingerprint density at radius 1 is 1.14 bits per heavy atom. The Bertz CT molecular complexity index is 564. The molecule has 0 saturated heterocycles. The summed E-state index contributed by atoms with van der Waals surface area (Å²) in [7, 11) is 0. The highest BCUT2D eigenvalue weighted by Gasteiger charge is 2.14. The van der Waals surface area contributed by atoms with Crippen molar-refractivity contribution >= 4 is 41.0 Å². The molecule has 6 nitrogen and oxygen atoms in total.